The molecule has 0 radical (unpaired) electrons. The average molecular weight is 484 g/mol. The molecule has 1 aromatic carbocycles. The Labute approximate surface area is 199 Å². The molecule has 0 spiro atoms. The van der Waals surface area contributed by atoms with Gasteiger partial charge in [0.25, 0.3) is 5.91 Å². The van der Waals surface area contributed by atoms with E-state index in [9.17, 15) is 18.0 Å². The number of hydrogen-bond donors (Lipinski definition) is 0. The molecule has 3 fully saturated rings. The lowest BCUT2D eigenvalue weighted by molar-refractivity contribution is -0.137. The molecule has 0 unspecified atom stereocenters. The Morgan fingerprint density at radius 3 is 2.51 bits per heavy atom. The van der Waals surface area contributed by atoms with Gasteiger partial charge in [0, 0.05) is 36.8 Å². The second-order valence-electron chi connectivity index (χ2n) is 8.70. The first-order valence-corrected chi connectivity index (χ1v) is 11.3. The highest BCUT2D eigenvalue weighted by atomic mass is 19.4. The van der Waals surface area contributed by atoms with Crippen LogP contribution >= 0.6 is 0 Å². The summed E-state index contributed by atoms with van der Waals surface area (Å²) in [4.78, 5) is 28.2. The van der Waals surface area contributed by atoms with Crippen LogP contribution in [0.25, 0.3) is 11.4 Å². The van der Waals surface area contributed by atoms with Crippen LogP contribution in [0.1, 0.15) is 35.2 Å². The van der Waals surface area contributed by atoms with Gasteiger partial charge >= 0.3 is 6.18 Å². The van der Waals surface area contributed by atoms with Crippen molar-refractivity contribution in [3.8, 4) is 23.0 Å². The normalized spacial score (nSPS) is 21.6. The molecule has 2 aromatic heterocycles. The largest absolute Gasteiger partial charge is 0.496 e. The predicted molar refractivity (Wildman–Crippen MR) is 120 cm³/mol. The van der Waals surface area contributed by atoms with Crippen molar-refractivity contribution in [3.63, 3.8) is 0 Å². The third-order valence-electron chi connectivity index (χ3n) is 6.58. The second-order valence-corrected chi connectivity index (χ2v) is 8.70. The molecular weight excluding hydrogens is 461 g/mol. The van der Waals surface area contributed by atoms with Crippen molar-refractivity contribution in [1.82, 2.24) is 19.9 Å². The van der Waals surface area contributed by atoms with Crippen LogP contribution in [0.3, 0.4) is 0 Å². The first-order valence-electron chi connectivity index (χ1n) is 11.3. The van der Waals surface area contributed by atoms with Crippen LogP contribution in [0.5, 0.6) is 11.6 Å². The van der Waals surface area contributed by atoms with Gasteiger partial charge in [-0.15, -0.1) is 0 Å². The molecule has 3 atom stereocenters. The number of benzene rings is 1. The van der Waals surface area contributed by atoms with Crippen LogP contribution in [0.15, 0.2) is 55.0 Å². The van der Waals surface area contributed by atoms with Gasteiger partial charge in [-0.25, -0.2) is 15.0 Å². The summed E-state index contributed by atoms with van der Waals surface area (Å²) < 4.78 is 50.2. The fraction of sp³-hybridized carbons (Fsp3) is 0.360. The van der Waals surface area contributed by atoms with Gasteiger partial charge in [0.15, 0.2) is 5.82 Å². The van der Waals surface area contributed by atoms with Gasteiger partial charge in [-0.05, 0) is 43.4 Å². The van der Waals surface area contributed by atoms with Crippen LogP contribution in [0.4, 0.5) is 13.2 Å². The Balaban J connectivity index is 1.43. The summed E-state index contributed by atoms with van der Waals surface area (Å²) in [6.07, 6.45) is 1.54. The zero-order valence-corrected chi connectivity index (χ0v) is 18.9. The van der Waals surface area contributed by atoms with E-state index < -0.39 is 11.7 Å². The fourth-order valence-corrected chi connectivity index (χ4v) is 4.95. The maximum Gasteiger partial charge on any atom is 0.417 e. The first kappa shape index (κ1) is 23.1. The van der Waals surface area contributed by atoms with E-state index in [2.05, 4.69) is 15.0 Å². The Kier molecular flexibility index (Phi) is 6.04. The Morgan fingerprint density at radius 2 is 1.86 bits per heavy atom. The number of pyridine rings is 1. The highest BCUT2D eigenvalue weighted by molar-refractivity contribution is 6.03. The van der Waals surface area contributed by atoms with Gasteiger partial charge in [-0.2, -0.15) is 13.2 Å². The van der Waals surface area contributed by atoms with Crippen molar-refractivity contribution in [2.75, 3.05) is 13.7 Å². The van der Waals surface area contributed by atoms with Crippen LogP contribution in [-0.4, -0.2) is 51.6 Å². The van der Waals surface area contributed by atoms with Gasteiger partial charge in [0.05, 0.1) is 24.3 Å². The number of piperidine rings is 2. The molecule has 35 heavy (non-hydrogen) atoms. The molecule has 0 N–H and O–H groups in total. The topological polar surface area (TPSA) is 77.4 Å². The standard InChI is InChI=1S/C25H23F3N4O3/c1-34-19-5-2-4-17(23-29-10-3-11-30-23)22(19)24(33)32-14-15-6-8-18(32)20(12-15)35-21-9-7-16(13-31-21)25(26,27)28/h2-5,7,9-11,13,15,18,20H,6,8,12,14H2,1H3/t15-,18-,20+/m0/s1. The molecular formula is C25H23F3N4O3. The number of halogens is 3. The summed E-state index contributed by atoms with van der Waals surface area (Å²) in [7, 11) is 1.51. The Morgan fingerprint density at radius 1 is 1.06 bits per heavy atom. The van der Waals surface area contributed by atoms with Gasteiger partial charge in [0.2, 0.25) is 5.88 Å². The van der Waals surface area contributed by atoms with Crippen molar-refractivity contribution in [3.05, 3.63) is 66.1 Å². The smallest absolute Gasteiger partial charge is 0.417 e. The van der Waals surface area contributed by atoms with Crippen molar-refractivity contribution < 1.29 is 27.4 Å². The maximum absolute atomic E-state index is 13.9. The molecule has 4 heterocycles. The van der Waals surface area contributed by atoms with Gasteiger partial charge < -0.3 is 14.4 Å². The lowest BCUT2D eigenvalue weighted by Crippen LogP contribution is -2.59. The third-order valence-corrected chi connectivity index (χ3v) is 6.58. The van der Waals surface area contributed by atoms with Crippen LogP contribution in [0.2, 0.25) is 0 Å². The third kappa shape index (κ3) is 4.52. The van der Waals surface area contributed by atoms with Gasteiger partial charge in [0.1, 0.15) is 11.9 Å². The molecule has 7 nitrogen and oxygen atoms in total. The molecule has 1 amide bonds. The zero-order valence-electron chi connectivity index (χ0n) is 18.9. The quantitative estimate of drug-likeness (QED) is 0.525. The zero-order chi connectivity index (χ0) is 24.6. The number of alkyl halides is 3. The average Bonchev–Trinajstić information content (AvgIpc) is 2.88. The molecule has 10 heteroatoms. The number of rotatable bonds is 5. The van der Waals surface area contributed by atoms with Crippen LogP contribution in [-0.2, 0) is 6.18 Å². The van der Waals surface area contributed by atoms with E-state index in [1.807, 2.05) is 0 Å². The molecule has 182 valence electrons. The molecule has 6 rings (SSSR count). The molecule has 3 aliphatic rings. The highest BCUT2D eigenvalue weighted by Crippen LogP contribution is 2.40. The molecule has 2 bridgehead atoms. The number of carbonyl (C=O) groups is 1. The van der Waals surface area contributed by atoms with Gasteiger partial charge in [-0.3, -0.25) is 4.79 Å². The number of nitrogens with zero attached hydrogens (tertiary/aromatic N) is 4. The maximum atomic E-state index is 13.9. The second kappa shape index (κ2) is 9.16. The summed E-state index contributed by atoms with van der Waals surface area (Å²) >= 11 is 0. The van der Waals surface area contributed by atoms with Crippen molar-refractivity contribution in [1.29, 1.82) is 0 Å². The van der Waals surface area contributed by atoms with E-state index in [-0.39, 0.29) is 29.9 Å². The van der Waals surface area contributed by atoms with Crippen molar-refractivity contribution in [2.45, 2.75) is 37.6 Å². The minimum absolute atomic E-state index is 0.110. The number of aromatic nitrogens is 3. The Bertz CT molecular complexity index is 1200. The predicted octanol–water partition coefficient (Wildman–Crippen LogP) is 4.64. The Hall–Kier alpha value is -3.69. The fourth-order valence-electron chi connectivity index (χ4n) is 4.95. The van der Waals surface area contributed by atoms with Crippen molar-refractivity contribution >= 4 is 5.91 Å². The SMILES string of the molecule is COc1cccc(-c2ncccn2)c1C(=O)N1C[C@H]2CC[C@H]1[C@H](Oc1ccc(C(F)(F)F)cn1)C2. The van der Waals surface area contributed by atoms with Crippen LogP contribution in [0, 0.1) is 5.92 Å². The molecule has 2 saturated heterocycles. The number of methoxy groups -OCH3 is 1. The summed E-state index contributed by atoms with van der Waals surface area (Å²) in [6, 6.07) is 8.93. The lowest BCUT2D eigenvalue weighted by atomic mass is 9.77. The van der Waals surface area contributed by atoms with E-state index in [1.54, 1.807) is 41.6 Å². The summed E-state index contributed by atoms with van der Waals surface area (Å²) in [5.74, 6) is 0.948. The van der Waals surface area contributed by atoms with Gasteiger partial charge in [-0.1, -0.05) is 12.1 Å². The molecule has 2 aliphatic heterocycles. The summed E-state index contributed by atoms with van der Waals surface area (Å²) in [6.45, 7) is 0.566. The molecule has 1 aliphatic carbocycles. The summed E-state index contributed by atoms with van der Waals surface area (Å²) in [5, 5.41) is 0. The van der Waals surface area contributed by atoms with E-state index in [4.69, 9.17) is 9.47 Å². The molecule has 3 aromatic rings. The monoisotopic (exact) mass is 484 g/mol. The minimum Gasteiger partial charge on any atom is -0.496 e. The number of fused-ring (bicyclic) bond motifs is 3. The van der Waals surface area contributed by atoms with Crippen molar-refractivity contribution in [2.24, 2.45) is 5.92 Å². The number of carbonyl (C=O) groups excluding carboxylic acids is 1. The first-order chi connectivity index (χ1) is 16.8. The van der Waals surface area contributed by atoms with E-state index >= 15 is 0 Å². The van der Waals surface area contributed by atoms with Crippen LogP contribution < -0.4 is 9.47 Å². The number of hydrogen-bond acceptors (Lipinski definition) is 6. The number of amides is 1. The minimum atomic E-state index is -4.46. The van der Waals surface area contributed by atoms with E-state index in [0.717, 1.165) is 25.1 Å². The molecule has 1 saturated carbocycles. The number of ether oxygens (including phenoxy) is 2. The summed E-state index contributed by atoms with van der Waals surface area (Å²) in [5.41, 5.74) is 0.108. The van der Waals surface area contributed by atoms with E-state index in [1.165, 1.54) is 13.2 Å². The lowest BCUT2D eigenvalue weighted by Gasteiger charge is -2.49. The van der Waals surface area contributed by atoms with E-state index in [0.29, 0.717) is 35.7 Å². The highest BCUT2D eigenvalue weighted by Gasteiger charge is 2.45.